The van der Waals surface area contributed by atoms with E-state index < -0.39 is 21.5 Å². The number of guanidine groups is 1. The van der Waals surface area contributed by atoms with Gasteiger partial charge in [-0.15, -0.1) is 21.5 Å². The fourth-order valence-electron chi connectivity index (χ4n) is 2.98. The van der Waals surface area contributed by atoms with Crippen molar-refractivity contribution in [3.8, 4) is 22.0 Å². The minimum absolute atomic E-state index is 0.0689. The van der Waals surface area contributed by atoms with E-state index in [2.05, 4.69) is 20.2 Å². The second-order valence-electron chi connectivity index (χ2n) is 6.56. The number of aromatic nitrogens is 3. The van der Waals surface area contributed by atoms with Crippen LogP contribution in [-0.4, -0.2) is 46.7 Å². The summed E-state index contributed by atoms with van der Waals surface area (Å²) in [5.74, 6) is -1.09. The van der Waals surface area contributed by atoms with Crippen molar-refractivity contribution in [2.75, 3.05) is 12.8 Å². The van der Waals surface area contributed by atoms with Gasteiger partial charge in [-0.3, -0.25) is 0 Å². The molecule has 4 rings (SSSR count). The molecular weight excluding hydrogens is 443 g/mol. The molecule has 9 nitrogen and oxygen atoms in total. The Balaban J connectivity index is 1.80. The van der Waals surface area contributed by atoms with Gasteiger partial charge in [-0.25, -0.2) is 22.7 Å². The van der Waals surface area contributed by atoms with Crippen LogP contribution in [0.25, 0.3) is 22.0 Å². The molecule has 0 unspecified atom stereocenters. The predicted octanol–water partition coefficient (Wildman–Crippen LogP) is 2.46. The van der Waals surface area contributed by atoms with E-state index in [1.54, 1.807) is 19.1 Å². The summed E-state index contributed by atoms with van der Waals surface area (Å²) < 4.78 is 45.0. The van der Waals surface area contributed by atoms with E-state index in [4.69, 9.17) is 21.8 Å². The number of rotatable bonds is 3. The lowest BCUT2D eigenvalue weighted by molar-refractivity contribution is 0.482. The number of hydrogen-bond donors (Lipinski definition) is 1. The Bertz CT molecular complexity index is 1230. The van der Waals surface area contributed by atoms with Crippen LogP contribution in [0.3, 0.4) is 0 Å². The summed E-state index contributed by atoms with van der Waals surface area (Å²) in [7, 11) is -2.31. The van der Waals surface area contributed by atoms with E-state index in [1.807, 2.05) is 0 Å². The number of thiophene rings is 1. The Kier molecular flexibility index (Phi) is 4.59. The Morgan fingerprint density at radius 3 is 2.79 bits per heavy atom. The molecule has 0 aromatic carbocycles. The molecule has 0 saturated heterocycles. The number of hydrogen-bond acceptors (Lipinski definition) is 9. The minimum Gasteiger partial charge on any atom is -0.422 e. The molecule has 0 bridgehead atoms. The predicted molar refractivity (Wildman–Crippen MR) is 106 cm³/mol. The van der Waals surface area contributed by atoms with Crippen molar-refractivity contribution < 1.29 is 17.2 Å². The van der Waals surface area contributed by atoms with Crippen LogP contribution in [-0.2, 0) is 15.6 Å². The Morgan fingerprint density at radius 2 is 2.14 bits per heavy atom. The quantitative estimate of drug-likeness (QED) is 0.599. The maximum Gasteiger partial charge on any atom is 0.266 e. The molecule has 13 heteroatoms. The third-order valence-electron chi connectivity index (χ3n) is 4.40. The van der Waals surface area contributed by atoms with Gasteiger partial charge in [0.05, 0.1) is 15.7 Å². The van der Waals surface area contributed by atoms with Crippen LogP contribution in [0, 0.1) is 5.95 Å². The van der Waals surface area contributed by atoms with Crippen LogP contribution in [0.5, 0.6) is 0 Å². The maximum absolute atomic E-state index is 14.1. The Hall–Kier alpha value is -2.57. The summed E-state index contributed by atoms with van der Waals surface area (Å²) in [6, 6.07) is 4.43. The molecule has 0 aliphatic carbocycles. The molecule has 29 heavy (non-hydrogen) atoms. The van der Waals surface area contributed by atoms with E-state index in [1.165, 1.54) is 24.5 Å². The molecule has 1 atom stereocenters. The van der Waals surface area contributed by atoms with Crippen LogP contribution in [0.1, 0.15) is 11.8 Å². The number of halogens is 2. The first-order valence-corrected chi connectivity index (χ1v) is 11.0. The standard InChI is InChI=1S/C16H14ClFN6O3S2/c1-16(6-29(25,26)24(2)15(19)22-16)13-9(17)5-11(28-13)8-3-10(21-12(18)4-8)14-23-20-7-27-14/h3-5,7H,6H2,1-2H3,(H2,19,22)/t16-/m0/s1. The monoisotopic (exact) mass is 456 g/mol. The number of sulfonamides is 1. The SMILES string of the molecule is CN1C(N)=N[C@](C)(c2sc(-c3cc(F)nc(-c4nnco4)c3)cc2Cl)CS1(=O)=O. The fourth-order valence-corrected chi connectivity index (χ4v) is 6.13. The molecule has 152 valence electrons. The van der Waals surface area contributed by atoms with Crippen molar-refractivity contribution >= 4 is 38.9 Å². The van der Waals surface area contributed by atoms with Crippen molar-refractivity contribution in [3.05, 3.63) is 40.4 Å². The van der Waals surface area contributed by atoms with Crippen LogP contribution in [0.15, 0.2) is 34.0 Å². The van der Waals surface area contributed by atoms with E-state index in [9.17, 15) is 12.8 Å². The van der Waals surface area contributed by atoms with Gasteiger partial charge in [-0.1, -0.05) is 11.6 Å². The zero-order valence-corrected chi connectivity index (χ0v) is 17.5. The van der Waals surface area contributed by atoms with Crippen molar-refractivity contribution in [3.63, 3.8) is 0 Å². The first-order valence-electron chi connectivity index (χ1n) is 8.15. The largest absolute Gasteiger partial charge is 0.422 e. The molecule has 0 radical (unpaired) electrons. The summed E-state index contributed by atoms with van der Waals surface area (Å²) in [6.07, 6.45) is 1.12. The molecule has 3 aromatic rings. The van der Waals surface area contributed by atoms with Gasteiger partial charge in [0.25, 0.3) is 5.89 Å². The summed E-state index contributed by atoms with van der Waals surface area (Å²) in [6.45, 7) is 1.64. The molecule has 3 aromatic heterocycles. The molecule has 1 aliphatic rings. The van der Waals surface area contributed by atoms with E-state index >= 15 is 0 Å². The molecule has 0 fully saturated rings. The van der Waals surface area contributed by atoms with Gasteiger partial charge < -0.3 is 10.2 Å². The van der Waals surface area contributed by atoms with Crippen molar-refractivity contribution in [1.82, 2.24) is 19.5 Å². The summed E-state index contributed by atoms with van der Waals surface area (Å²) in [4.78, 5) is 9.21. The highest BCUT2D eigenvalue weighted by atomic mass is 35.5. The smallest absolute Gasteiger partial charge is 0.266 e. The fraction of sp³-hybridized carbons (Fsp3) is 0.250. The summed E-state index contributed by atoms with van der Waals surface area (Å²) >= 11 is 7.61. The average molecular weight is 457 g/mol. The first kappa shape index (κ1) is 19.7. The van der Waals surface area contributed by atoms with E-state index in [0.717, 1.165) is 10.7 Å². The second-order valence-corrected chi connectivity index (χ2v) is 10.0. The zero-order chi connectivity index (χ0) is 21.0. The first-order chi connectivity index (χ1) is 13.6. The van der Waals surface area contributed by atoms with Crippen LogP contribution in [0.2, 0.25) is 5.02 Å². The van der Waals surface area contributed by atoms with Gasteiger partial charge in [0.2, 0.25) is 28.3 Å². The number of nitrogens with two attached hydrogens (primary N) is 1. The highest BCUT2D eigenvalue weighted by molar-refractivity contribution is 7.89. The maximum atomic E-state index is 14.1. The lowest BCUT2D eigenvalue weighted by Crippen LogP contribution is -2.50. The van der Waals surface area contributed by atoms with Crippen molar-refractivity contribution in [2.24, 2.45) is 10.7 Å². The van der Waals surface area contributed by atoms with Gasteiger partial charge in [0, 0.05) is 18.0 Å². The van der Waals surface area contributed by atoms with Gasteiger partial charge in [0.1, 0.15) is 11.2 Å². The lowest BCUT2D eigenvalue weighted by atomic mass is 10.0. The van der Waals surface area contributed by atoms with Crippen molar-refractivity contribution in [1.29, 1.82) is 0 Å². The van der Waals surface area contributed by atoms with Crippen LogP contribution >= 0.6 is 22.9 Å². The van der Waals surface area contributed by atoms with E-state index in [0.29, 0.717) is 20.3 Å². The average Bonchev–Trinajstić information content (AvgIpc) is 3.29. The highest BCUT2D eigenvalue weighted by Crippen LogP contribution is 2.44. The molecule has 1 aliphatic heterocycles. The normalized spacial score (nSPS) is 21.2. The molecule has 4 heterocycles. The third kappa shape index (κ3) is 3.47. The highest BCUT2D eigenvalue weighted by Gasteiger charge is 2.42. The molecule has 0 saturated carbocycles. The number of pyridine rings is 1. The minimum atomic E-state index is -3.65. The van der Waals surface area contributed by atoms with E-state index in [-0.39, 0.29) is 23.3 Å². The van der Waals surface area contributed by atoms with Gasteiger partial charge in [0.15, 0.2) is 0 Å². The Morgan fingerprint density at radius 1 is 1.38 bits per heavy atom. The van der Waals surface area contributed by atoms with Gasteiger partial charge in [-0.2, -0.15) is 4.39 Å². The summed E-state index contributed by atoms with van der Waals surface area (Å²) in [5.41, 5.74) is 5.27. The Labute approximate surface area is 174 Å². The van der Waals surface area contributed by atoms with Crippen molar-refractivity contribution in [2.45, 2.75) is 12.5 Å². The van der Waals surface area contributed by atoms with Crippen LogP contribution < -0.4 is 5.73 Å². The number of nitrogens with zero attached hydrogens (tertiary/aromatic N) is 5. The van der Waals surface area contributed by atoms with Crippen LogP contribution in [0.4, 0.5) is 4.39 Å². The second kappa shape index (κ2) is 6.75. The zero-order valence-electron chi connectivity index (χ0n) is 15.1. The molecule has 2 N–H and O–H groups in total. The molecular formula is C16H14ClFN6O3S2. The molecule has 0 amide bonds. The topological polar surface area (TPSA) is 128 Å². The summed E-state index contributed by atoms with van der Waals surface area (Å²) in [5, 5.41) is 7.60. The van der Waals surface area contributed by atoms with Gasteiger partial charge in [-0.05, 0) is 24.6 Å². The van der Waals surface area contributed by atoms with Gasteiger partial charge >= 0.3 is 0 Å². The lowest BCUT2D eigenvalue weighted by Gasteiger charge is -2.33. The third-order valence-corrected chi connectivity index (χ3v) is 8.19. The number of aliphatic imine (C=N–C) groups is 1. The molecule has 0 spiro atoms.